The van der Waals surface area contributed by atoms with Crippen LogP contribution >= 0.6 is 0 Å². The molecule has 2 fully saturated rings. The third-order valence-corrected chi connectivity index (χ3v) is 5.00. The fourth-order valence-corrected chi connectivity index (χ4v) is 3.99. The summed E-state index contributed by atoms with van der Waals surface area (Å²) in [5.74, 6) is 0.789. The number of carbonyl (C=O) groups is 1. The van der Waals surface area contributed by atoms with Crippen molar-refractivity contribution in [3.63, 3.8) is 0 Å². The fourth-order valence-electron chi connectivity index (χ4n) is 3.99. The van der Waals surface area contributed by atoms with Crippen LogP contribution in [0.5, 0.6) is 0 Å². The highest BCUT2D eigenvalue weighted by Gasteiger charge is 2.33. The molecule has 3 atom stereocenters. The van der Waals surface area contributed by atoms with Crippen LogP contribution in [-0.4, -0.2) is 49.7 Å². The van der Waals surface area contributed by atoms with Crippen LogP contribution in [0.15, 0.2) is 0 Å². The zero-order chi connectivity index (χ0) is 14.4. The summed E-state index contributed by atoms with van der Waals surface area (Å²) in [7, 11) is 1.48. The molecule has 4 heteroatoms. The average Bonchev–Trinajstić information content (AvgIpc) is 2.50. The Morgan fingerprint density at radius 3 is 2.80 bits per heavy atom. The summed E-state index contributed by atoms with van der Waals surface area (Å²) in [5, 5.41) is 3.24. The first-order chi connectivity index (χ1) is 9.76. The molecule has 0 aromatic carbocycles. The van der Waals surface area contributed by atoms with Gasteiger partial charge in [-0.25, -0.2) is 0 Å². The largest absolute Gasteiger partial charge is 0.468 e. The highest BCUT2D eigenvalue weighted by atomic mass is 16.5. The third-order valence-electron chi connectivity index (χ3n) is 5.00. The molecule has 4 nitrogen and oxygen atoms in total. The second kappa shape index (κ2) is 7.99. The molecule has 20 heavy (non-hydrogen) atoms. The molecular weight excluding hydrogens is 252 g/mol. The van der Waals surface area contributed by atoms with Gasteiger partial charge in [-0.05, 0) is 51.1 Å². The number of ether oxygens (including phenoxy) is 1. The Hall–Kier alpha value is -0.610. The standard InChI is InChI=1S/C16H30N2O2/c1-3-17-14(16(19)20-2)10-12-18-11-6-8-13-7-4-5-9-15(13)18/h13-15,17H,3-12H2,1-2H3/t13-,14?,15-/m1/s1. The monoisotopic (exact) mass is 282 g/mol. The molecular formula is C16H30N2O2. The lowest BCUT2D eigenvalue weighted by atomic mass is 9.78. The maximum absolute atomic E-state index is 11.8. The van der Waals surface area contributed by atoms with Gasteiger partial charge in [-0.1, -0.05) is 19.8 Å². The Morgan fingerprint density at radius 2 is 2.05 bits per heavy atom. The quantitative estimate of drug-likeness (QED) is 0.758. The van der Waals surface area contributed by atoms with Crippen LogP contribution in [0.3, 0.4) is 0 Å². The van der Waals surface area contributed by atoms with Gasteiger partial charge in [0.25, 0.3) is 0 Å². The zero-order valence-corrected chi connectivity index (χ0v) is 13.1. The minimum atomic E-state index is -0.144. The Bertz CT molecular complexity index is 307. The van der Waals surface area contributed by atoms with E-state index in [1.54, 1.807) is 0 Å². The van der Waals surface area contributed by atoms with Crippen LogP contribution in [0.4, 0.5) is 0 Å². The van der Waals surface area contributed by atoms with Crippen LogP contribution in [0.2, 0.25) is 0 Å². The number of likely N-dealkylation sites (N-methyl/N-ethyl adjacent to an activating group) is 1. The minimum absolute atomic E-state index is 0.121. The van der Waals surface area contributed by atoms with Crippen molar-refractivity contribution in [3.8, 4) is 0 Å². The lowest BCUT2D eigenvalue weighted by molar-refractivity contribution is -0.143. The number of hydrogen-bond acceptors (Lipinski definition) is 4. The van der Waals surface area contributed by atoms with Crippen LogP contribution in [0.1, 0.15) is 51.9 Å². The summed E-state index contributed by atoms with van der Waals surface area (Å²) in [5.41, 5.74) is 0. The molecule has 2 rings (SSSR count). The van der Waals surface area contributed by atoms with Crippen molar-refractivity contribution in [3.05, 3.63) is 0 Å². The molecule has 1 saturated heterocycles. The van der Waals surface area contributed by atoms with Crippen molar-refractivity contribution >= 4 is 5.97 Å². The summed E-state index contributed by atoms with van der Waals surface area (Å²) in [6, 6.07) is 0.631. The molecule has 1 unspecified atom stereocenters. The van der Waals surface area contributed by atoms with E-state index < -0.39 is 0 Å². The minimum Gasteiger partial charge on any atom is -0.468 e. The van der Waals surface area contributed by atoms with E-state index in [-0.39, 0.29) is 12.0 Å². The molecule has 1 aliphatic heterocycles. The molecule has 2 aliphatic rings. The van der Waals surface area contributed by atoms with E-state index in [1.807, 2.05) is 6.92 Å². The first-order valence-electron chi connectivity index (χ1n) is 8.31. The molecule has 116 valence electrons. The number of esters is 1. The maximum atomic E-state index is 11.8. The second-order valence-corrected chi connectivity index (χ2v) is 6.21. The Kier molecular flexibility index (Phi) is 6.30. The Labute approximate surface area is 123 Å². The van der Waals surface area contributed by atoms with E-state index in [1.165, 1.54) is 52.2 Å². The van der Waals surface area contributed by atoms with Crippen molar-refractivity contribution in [2.75, 3.05) is 26.7 Å². The second-order valence-electron chi connectivity index (χ2n) is 6.21. The number of methoxy groups -OCH3 is 1. The van der Waals surface area contributed by atoms with Crippen LogP contribution in [0, 0.1) is 5.92 Å². The van der Waals surface area contributed by atoms with Crippen molar-refractivity contribution in [2.45, 2.75) is 64.0 Å². The smallest absolute Gasteiger partial charge is 0.322 e. The Morgan fingerprint density at radius 1 is 1.30 bits per heavy atom. The van der Waals surface area contributed by atoms with E-state index in [2.05, 4.69) is 10.2 Å². The molecule has 1 saturated carbocycles. The molecule has 0 bridgehead atoms. The summed E-state index contributed by atoms with van der Waals surface area (Å²) in [6.45, 7) is 5.08. The van der Waals surface area contributed by atoms with E-state index in [9.17, 15) is 4.79 Å². The highest BCUT2D eigenvalue weighted by Crippen LogP contribution is 2.35. The summed E-state index contributed by atoms with van der Waals surface area (Å²) < 4.78 is 4.89. The van der Waals surface area contributed by atoms with Gasteiger partial charge in [0.2, 0.25) is 0 Å². The molecule has 1 N–H and O–H groups in total. The van der Waals surface area contributed by atoms with Crippen molar-refractivity contribution < 1.29 is 9.53 Å². The van der Waals surface area contributed by atoms with Gasteiger partial charge in [-0.3, -0.25) is 4.79 Å². The zero-order valence-electron chi connectivity index (χ0n) is 13.1. The number of piperidine rings is 1. The molecule has 0 aromatic heterocycles. The van der Waals surface area contributed by atoms with Crippen molar-refractivity contribution in [1.82, 2.24) is 10.2 Å². The summed E-state index contributed by atoms with van der Waals surface area (Å²) in [4.78, 5) is 14.4. The third kappa shape index (κ3) is 3.95. The van der Waals surface area contributed by atoms with E-state index >= 15 is 0 Å². The van der Waals surface area contributed by atoms with E-state index in [0.29, 0.717) is 0 Å². The van der Waals surface area contributed by atoms with E-state index in [0.717, 1.165) is 31.5 Å². The molecule has 1 aliphatic carbocycles. The normalized spacial score (nSPS) is 28.7. The fraction of sp³-hybridized carbons (Fsp3) is 0.938. The van der Waals surface area contributed by atoms with Gasteiger partial charge < -0.3 is 15.0 Å². The Balaban J connectivity index is 1.85. The summed E-state index contributed by atoms with van der Waals surface area (Å²) in [6.07, 6.45) is 9.16. The lowest BCUT2D eigenvalue weighted by Gasteiger charge is -2.44. The highest BCUT2D eigenvalue weighted by molar-refractivity contribution is 5.75. The van der Waals surface area contributed by atoms with Crippen LogP contribution < -0.4 is 5.32 Å². The number of hydrogen-bond donors (Lipinski definition) is 1. The van der Waals surface area contributed by atoms with Crippen LogP contribution in [0.25, 0.3) is 0 Å². The van der Waals surface area contributed by atoms with Gasteiger partial charge in [0, 0.05) is 12.6 Å². The van der Waals surface area contributed by atoms with Gasteiger partial charge in [-0.2, -0.15) is 0 Å². The van der Waals surface area contributed by atoms with Gasteiger partial charge in [0.05, 0.1) is 7.11 Å². The molecule has 1 heterocycles. The summed E-state index contributed by atoms with van der Waals surface area (Å²) >= 11 is 0. The lowest BCUT2D eigenvalue weighted by Crippen LogP contribution is -2.49. The molecule has 0 aromatic rings. The number of fused-ring (bicyclic) bond motifs is 1. The molecule has 0 spiro atoms. The predicted octanol–water partition coefficient (Wildman–Crippen LogP) is 2.18. The van der Waals surface area contributed by atoms with Crippen molar-refractivity contribution in [1.29, 1.82) is 0 Å². The number of nitrogens with one attached hydrogen (secondary N) is 1. The van der Waals surface area contributed by atoms with Gasteiger partial charge in [0.15, 0.2) is 0 Å². The van der Waals surface area contributed by atoms with Gasteiger partial charge >= 0.3 is 5.97 Å². The average molecular weight is 282 g/mol. The van der Waals surface area contributed by atoms with E-state index in [4.69, 9.17) is 4.74 Å². The van der Waals surface area contributed by atoms with Gasteiger partial charge in [-0.15, -0.1) is 0 Å². The topological polar surface area (TPSA) is 41.6 Å². The first kappa shape index (κ1) is 15.8. The van der Waals surface area contributed by atoms with Crippen LogP contribution in [-0.2, 0) is 9.53 Å². The predicted molar refractivity (Wildman–Crippen MR) is 80.7 cm³/mol. The number of nitrogens with zero attached hydrogens (tertiary/aromatic N) is 1. The van der Waals surface area contributed by atoms with Gasteiger partial charge in [0.1, 0.15) is 6.04 Å². The maximum Gasteiger partial charge on any atom is 0.322 e. The molecule has 0 amide bonds. The number of likely N-dealkylation sites (tertiary alicyclic amines) is 1. The van der Waals surface area contributed by atoms with Crippen molar-refractivity contribution in [2.24, 2.45) is 5.92 Å². The SMILES string of the molecule is CCNC(CCN1CCC[C@H]2CCCC[C@H]21)C(=O)OC. The first-order valence-corrected chi connectivity index (χ1v) is 8.31. The number of carbonyl (C=O) groups excluding carboxylic acids is 1. The molecule has 0 radical (unpaired) electrons. The number of rotatable bonds is 6.